The summed E-state index contributed by atoms with van der Waals surface area (Å²) in [4.78, 5) is 11.1. The molecule has 0 aliphatic rings. The highest BCUT2D eigenvalue weighted by Gasteiger charge is 2.18. The molecule has 9 heteroatoms. The fraction of sp³-hybridized carbons (Fsp3) is 0.304. The number of likely N-dealkylation sites (N-methyl/N-ethyl adjacent to an activating group) is 1. The minimum atomic E-state index is -3.58. The molecule has 0 atom stereocenters. The van der Waals surface area contributed by atoms with Gasteiger partial charge in [-0.3, -0.25) is 0 Å². The maximum absolute atomic E-state index is 12.7. The molecule has 32 heavy (non-hydrogen) atoms. The molecular formula is C23H29N5O3S. The van der Waals surface area contributed by atoms with Crippen LogP contribution in [0.1, 0.15) is 12.5 Å². The van der Waals surface area contributed by atoms with E-state index >= 15 is 0 Å². The van der Waals surface area contributed by atoms with Crippen molar-refractivity contribution in [2.45, 2.75) is 18.2 Å². The van der Waals surface area contributed by atoms with Crippen LogP contribution in [0, 0.1) is 0 Å². The van der Waals surface area contributed by atoms with Crippen molar-refractivity contribution >= 4 is 21.7 Å². The molecule has 3 aromatic rings. The van der Waals surface area contributed by atoms with Crippen LogP contribution in [0.25, 0.3) is 11.3 Å². The zero-order valence-corrected chi connectivity index (χ0v) is 19.6. The van der Waals surface area contributed by atoms with Gasteiger partial charge in [0.05, 0.1) is 17.7 Å². The number of benzene rings is 2. The number of aromatic nitrogens is 2. The van der Waals surface area contributed by atoms with Crippen LogP contribution in [0.5, 0.6) is 5.75 Å². The van der Waals surface area contributed by atoms with Gasteiger partial charge in [0.1, 0.15) is 5.75 Å². The van der Waals surface area contributed by atoms with E-state index in [-0.39, 0.29) is 4.90 Å². The number of aryl methyl sites for hydroxylation is 1. The maximum Gasteiger partial charge on any atom is 0.240 e. The first kappa shape index (κ1) is 23.6. The lowest BCUT2D eigenvalue weighted by Gasteiger charge is -2.14. The van der Waals surface area contributed by atoms with Crippen molar-refractivity contribution < 1.29 is 13.2 Å². The quantitative estimate of drug-likeness (QED) is 0.484. The van der Waals surface area contributed by atoms with E-state index in [1.165, 1.54) is 0 Å². The van der Waals surface area contributed by atoms with Crippen molar-refractivity contribution in [2.75, 3.05) is 39.6 Å². The molecule has 2 N–H and O–H groups in total. The summed E-state index contributed by atoms with van der Waals surface area (Å²) in [6.07, 6.45) is 2.26. The predicted molar refractivity (Wildman–Crippen MR) is 127 cm³/mol. The number of anilines is 2. The lowest BCUT2D eigenvalue weighted by atomic mass is 10.1. The summed E-state index contributed by atoms with van der Waals surface area (Å²) < 4.78 is 33.3. The highest BCUT2D eigenvalue weighted by atomic mass is 32.2. The molecule has 1 aromatic heterocycles. The van der Waals surface area contributed by atoms with E-state index in [2.05, 4.69) is 20.0 Å². The molecule has 1 heterocycles. The van der Waals surface area contributed by atoms with Crippen molar-refractivity contribution in [3.05, 3.63) is 60.3 Å². The topological polar surface area (TPSA) is 96.5 Å². The van der Waals surface area contributed by atoms with E-state index in [4.69, 9.17) is 4.74 Å². The average Bonchev–Trinajstić information content (AvgIpc) is 2.78. The molecule has 0 aliphatic carbocycles. The second kappa shape index (κ2) is 10.5. The van der Waals surface area contributed by atoms with Crippen molar-refractivity contribution in [3.63, 3.8) is 0 Å². The standard InChI is InChI=1S/C23H29N5O3S/c1-5-17-16-19(8-11-22(17)32(29,30)25-14-15-28(2)3)26-23-24-13-12-21(27-23)18-6-9-20(31-4)10-7-18/h6-13,16,25H,5,14-15H2,1-4H3,(H,24,26,27). The molecule has 3 rings (SSSR count). The molecule has 0 radical (unpaired) electrons. The lowest BCUT2D eigenvalue weighted by Crippen LogP contribution is -2.31. The minimum absolute atomic E-state index is 0.289. The summed E-state index contributed by atoms with van der Waals surface area (Å²) in [5, 5.41) is 3.18. The first-order chi connectivity index (χ1) is 15.3. The van der Waals surface area contributed by atoms with Gasteiger partial charge < -0.3 is 15.0 Å². The molecule has 170 valence electrons. The van der Waals surface area contributed by atoms with Crippen molar-refractivity contribution in [3.8, 4) is 17.0 Å². The van der Waals surface area contributed by atoms with Gasteiger partial charge >= 0.3 is 0 Å². The Labute approximate surface area is 189 Å². The number of hydrogen-bond acceptors (Lipinski definition) is 7. The van der Waals surface area contributed by atoms with Gasteiger partial charge in [0.25, 0.3) is 0 Å². The Hall–Kier alpha value is -3.01. The monoisotopic (exact) mass is 455 g/mol. The number of nitrogens with one attached hydrogen (secondary N) is 2. The number of methoxy groups -OCH3 is 1. The average molecular weight is 456 g/mol. The summed E-state index contributed by atoms with van der Waals surface area (Å²) >= 11 is 0. The maximum atomic E-state index is 12.7. The summed E-state index contributed by atoms with van der Waals surface area (Å²) in [6.45, 7) is 2.91. The van der Waals surface area contributed by atoms with Crippen LogP contribution in [-0.2, 0) is 16.4 Å². The first-order valence-corrected chi connectivity index (χ1v) is 11.8. The summed E-state index contributed by atoms with van der Waals surface area (Å²) in [5.41, 5.74) is 3.15. The van der Waals surface area contributed by atoms with Crippen LogP contribution in [0.15, 0.2) is 59.6 Å². The van der Waals surface area contributed by atoms with Gasteiger partial charge in [0.2, 0.25) is 16.0 Å². The van der Waals surface area contributed by atoms with Crippen molar-refractivity contribution in [1.82, 2.24) is 19.6 Å². The number of ether oxygens (including phenoxy) is 1. The Morgan fingerprint density at radius 2 is 1.81 bits per heavy atom. The van der Waals surface area contributed by atoms with E-state index in [0.29, 0.717) is 25.5 Å². The van der Waals surface area contributed by atoms with Gasteiger partial charge in [-0.1, -0.05) is 6.92 Å². The van der Waals surface area contributed by atoms with Crippen LogP contribution in [0.3, 0.4) is 0 Å². The second-order valence-corrected chi connectivity index (χ2v) is 9.23. The lowest BCUT2D eigenvalue weighted by molar-refractivity contribution is 0.412. The van der Waals surface area contributed by atoms with Crippen LogP contribution >= 0.6 is 0 Å². The van der Waals surface area contributed by atoms with Gasteiger partial charge in [-0.2, -0.15) is 0 Å². The van der Waals surface area contributed by atoms with Gasteiger partial charge in [0.15, 0.2) is 0 Å². The third-order valence-electron chi connectivity index (χ3n) is 4.88. The van der Waals surface area contributed by atoms with Crippen LogP contribution in [0.4, 0.5) is 11.6 Å². The van der Waals surface area contributed by atoms with Crippen molar-refractivity contribution in [2.24, 2.45) is 0 Å². The Morgan fingerprint density at radius 1 is 1.06 bits per heavy atom. The third kappa shape index (κ3) is 6.03. The molecule has 8 nitrogen and oxygen atoms in total. The van der Waals surface area contributed by atoms with E-state index in [1.54, 1.807) is 25.4 Å². The molecule has 2 aromatic carbocycles. The van der Waals surface area contributed by atoms with Gasteiger partial charge in [-0.25, -0.2) is 23.1 Å². The number of nitrogens with zero attached hydrogens (tertiary/aromatic N) is 3. The molecule has 0 saturated heterocycles. The summed E-state index contributed by atoms with van der Waals surface area (Å²) in [7, 11) is 1.85. The van der Waals surface area contributed by atoms with Gasteiger partial charge in [-0.05, 0) is 74.6 Å². The molecule has 0 aliphatic heterocycles. The largest absolute Gasteiger partial charge is 0.497 e. The zero-order valence-electron chi connectivity index (χ0n) is 18.8. The minimum Gasteiger partial charge on any atom is -0.497 e. The molecule has 0 bridgehead atoms. The number of rotatable bonds is 10. The zero-order chi connectivity index (χ0) is 23.1. The number of hydrogen-bond donors (Lipinski definition) is 2. The second-order valence-electron chi connectivity index (χ2n) is 7.50. The summed E-state index contributed by atoms with van der Waals surface area (Å²) in [6, 6.07) is 14.6. The van der Waals surface area contributed by atoms with E-state index < -0.39 is 10.0 Å². The van der Waals surface area contributed by atoms with Gasteiger partial charge in [-0.15, -0.1) is 0 Å². The van der Waals surface area contributed by atoms with E-state index in [1.807, 2.05) is 62.3 Å². The Morgan fingerprint density at radius 3 is 2.47 bits per heavy atom. The van der Waals surface area contributed by atoms with Crippen LogP contribution < -0.4 is 14.8 Å². The Kier molecular flexibility index (Phi) is 7.79. The fourth-order valence-electron chi connectivity index (χ4n) is 3.15. The molecular weight excluding hydrogens is 426 g/mol. The van der Waals surface area contributed by atoms with Crippen molar-refractivity contribution in [1.29, 1.82) is 0 Å². The highest BCUT2D eigenvalue weighted by Crippen LogP contribution is 2.25. The van der Waals surface area contributed by atoms with E-state index in [0.717, 1.165) is 28.3 Å². The molecule has 0 fully saturated rings. The molecule has 0 unspecified atom stereocenters. The first-order valence-electron chi connectivity index (χ1n) is 10.3. The van der Waals surface area contributed by atoms with E-state index in [9.17, 15) is 8.42 Å². The summed E-state index contributed by atoms with van der Waals surface area (Å²) in [5.74, 6) is 1.21. The Balaban J connectivity index is 1.79. The molecule has 0 spiro atoms. The van der Waals surface area contributed by atoms with Crippen LogP contribution in [-0.4, -0.2) is 57.6 Å². The predicted octanol–water partition coefficient (Wildman–Crippen LogP) is 3.30. The highest BCUT2D eigenvalue weighted by molar-refractivity contribution is 7.89. The SMILES string of the molecule is CCc1cc(Nc2nccc(-c3ccc(OC)cc3)n2)ccc1S(=O)(=O)NCCN(C)C. The normalized spacial score (nSPS) is 11.5. The smallest absolute Gasteiger partial charge is 0.240 e. The van der Waals surface area contributed by atoms with Gasteiger partial charge in [0, 0.05) is 30.5 Å². The fourth-order valence-corrected chi connectivity index (χ4v) is 4.46. The molecule has 0 saturated carbocycles. The number of sulfonamides is 1. The third-order valence-corrected chi connectivity index (χ3v) is 6.44. The Bertz CT molecular complexity index is 1150. The molecule has 0 amide bonds. The van der Waals surface area contributed by atoms with Crippen LogP contribution in [0.2, 0.25) is 0 Å².